The van der Waals surface area contributed by atoms with Crippen LogP contribution in [0.2, 0.25) is 0 Å². The van der Waals surface area contributed by atoms with Gasteiger partial charge < -0.3 is 4.74 Å². The van der Waals surface area contributed by atoms with Crippen molar-refractivity contribution in [3.8, 4) is 0 Å². The van der Waals surface area contributed by atoms with Crippen molar-refractivity contribution in [2.75, 3.05) is 4.90 Å². The van der Waals surface area contributed by atoms with Gasteiger partial charge in [-0.15, -0.1) is 0 Å². The Morgan fingerprint density at radius 2 is 1.68 bits per heavy atom. The number of hydrogen-bond donors (Lipinski definition) is 0. The summed E-state index contributed by atoms with van der Waals surface area (Å²) in [6.45, 7) is 6.95. The molecule has 0 fully saturated rings. The van der Waals surface area contributed by atoms with E-state index in [1.165, 1.54) is 18.3 Å². The molecule has 0 aliphatic heterocycles. The SMILES string of the molecule is Cc1ccnc(N(C(=O)OC(C)(C)C)c2ccc(C(F)(F)F)cc2)c1. The van der Waals surface area contributed by atoms with Gasteiger partial charge in [-0.2, -0.15) is 13.2 Å². The third kappa shape index (κ3) is 4.95. The van der Waals surface area contributed by atoms with Gasteiger partial charge in [-0.3, -0.25) is 0 Å². The van der Waals surface area contributed by atoms with Gasteiger partial charge in [-0.25, -0.2) is 14.7 Å². The molecular formula is C18H19F3N2O2. The highest BCUT2D eigenvalue weighted by Crippen LogP contribution is 2.32. The molecule has 1 aromatic heterocycles. The fourth-order valence-corrected chi connectivity index (χ4v) is 2.08. The highest BCUT2D eigenvalue weighted by atomic mass is 19.4. The number of pyridine rings is 1. The zero-order valence-electron chi connectivity index (χ0n) is 14.4. The molecule has 0 radical (unpaired) electrons. The number of aryl methyl sites for hydroxylation is 1. The number of alkyl halides is 3. The number of hydrogen-bond acceptors (Lipinski definition) is 3. The lowest BCUT2D eigenvalue weighted by Crippen LogP contribution is -2.34. The number of anilines is 2. The maximum absolute atomic E-state index is 12.8. The van der Waals surface area contributed by atoms with Gasteiger partial charge in [0.1, 0.15) is 11.4 Å². The lowest BCUT2D eigenvalue weighted by molar-refractivity contribution is -0.137. The molecule has 0 saturated carbocycles. The van der Waals surface area contributed by atoms with E-state index in [2.05, 4.69) is 4.98 Å². The van der Waals surface area contributed by atoms with E-state index in [0.717, 1.165) is 22.6 Å². The highest BCUT2D eigenvalue weighted by Gasteiger charge is 2.31. The number of benzene rings is 1. The van der Waals surface area contributed by atoms with E-state index in [9.17, 15) is 18.0 Å². The molecule has 0 spiro atoms. The predicted molar refractivity (Wildman–Crippen MR) is 88.8 cm³/mol. The number of carbonyl (C=O) groups is 1. The molecule has 1 aromatic carbocycles. The van der Waals surface area contributed by atoms with Crippen molar-refractivity contribution >= 4 is 17.6 Å². The van der Waals surface area contributed by atoms with Crippen molar-refractivity contribution in [3.05, 3.63) is 53.7 Å². The van der Waals surface area contributed by atoms with Gasteiger partial charge in [-0.05, 0) is 69.7 Å². The largest absolute Gasteiger partial charge is 0.443 e. The van der Waals surface area contributed by atoms with E-state index < -0.39 is 23.4 Å². The smallest absolute Gasteiger partial charge is 0.420 e. The third-order valence-corrected chi connectivity index (χ3v) is 3.16. The maximum atomic E-state index is 12.8. The molecule has 2 aromatic rings. The quantitative estimate of drug-likeness (QED) is 0.718. The molecule has 4 nitrogen and oxygen atoms in total. The zero-order valence-corrected chi connectivity index (χ0v) is 14.4. The van der Waals surface area contributed by atoms with Crippen LogP contribution in [0.15, 0.2) is 42.6 Å². The van der Waals surface area contributed by atoms with Crippen LogP contribution in [0.5, 0.6) is 0 Å². The fourth-order valence-electron chi connectivity index (χ4n) is 2.08. The minimum Gasteiger partial charge on any atom is -0.443 e. The van der Waals surface area contributed by atoms with Gasteiger partial charge >= 0.3 is 12.3 Å². The van der Waals surface area contributed by atoms with E-state index in [1.54, 1.807) is 32.9 Å². The van der Waals surface area contributed by atoms with Gasteiger partial charge in [0.15, 0.2) is 0 Å². The first-order chi connectivity index (χ1) is 11.5. The molecule has 0 aliphatic rings. The summed E-state index contributed by atoms with van der Waals surface area (Å²) in [7, 11) is 0. The summed E-state index contributed by atoms with van der Waals surface area (Å²) in [6, 6.07) is 7.68. The lowest BCUT2D eigenvalue weighted by atomic mass is 10.2. The fraction of sp³-hybridized carbons (Fsp3) is 0.333. The summed E-state index contributed by atoms with van der Waals surface area (Å²) in [5.74, 6) is 0.272. The Hall–Kier alpha value is -2.57. The van der Waals surface area contributed by atoms with Crippen molar-refractivity contribution in [3.63, 3.8) is 0 Å². The van der Waals surface area contributed by atoms with Gasteiger partial charge in [0.25, 0.3) is 0 Å². The van der Waals surface area contributed by atoms with E-state index in [1.807, 2.05) is 6.92 Å². The Balaban J connectivity index is 2.46. The summed E-state index contributed by atoms with van der Waals surface area (Å²) < 4.78 is 43.7. The first kappa shape index (κ1) is 18.8. The standard InChI is InChI=1S/C18H19F3N2O2/c1-12-9-10-22-15(11-12)23(16(24)25-17(2,3)4)14-7-5-13(6-8-14)18(19,20)21/h5-11H,1-4H3. The van der Waals surface area contributed by atoms with Gasteiger partial charge in [0.2, 0.25) is 0 Å². The molecule has 0 aliphatic carbocycles. The third-order valence-electron chi connectivity index (χ3n) is 3.16. The van der Waals surface area contributed by atoms with Crippen LogP contribution in [0, 0.1) is 6.92 Å². The Bertz CT molecular complexity index is 750. The van der Waals surface area contributed by atoms with E-state index in [-0.39, 0.29) is 11.5 Å². The van der Waals surface area contributed by atoms with Crippen LogP contribution < -0.4 is 4.90 Å². The highest BCUT2D eigenvalue weighted by molar-refractivity contribution is 5.95. The monoisotopic (exact) mass is 352 g/mol. The average Bonchev–Trinajstić information content (AvgIpc) is 2.45. The summed E-state index contributed by atoms with van der Waals surface area (Å²) in [6.07, 6.45) is -3.64. The lowest BCUT2D eigenvalue weighted by Gasteiger charge is -2.27. The van der Waals surface area contributed by atoms with Crippen LogP contribution in [0.3, 0.4) is 0 Å². The molecule has 1 amide bonds. The van der Waals surface area contributed by atoms with Gasteiger partial charge in [0.05, 0.1) is 11.3 Å². The Kier molecular flexibility index (Phi) is 5.06. The average molecular weight is 352 g/mol. The van der Waals surface area contributed by atoms with Crippen LogP contribution >= 0.6 is 0 Å². The number of aromatic nitrogens is 1. The summed E-state index contributed by atoms with van der Waals surface area (Å²) in [5, 5.41) is 0. The van der Waals surface area contributed by atoms with Crippen LogP contribution in [0.25, 0.3) is 0 Å². The summed E-state index contributed by atoms with van der Waals surface area (Å²) in [4.78, 5) is 17.9. The number of rotatable bonds is 2. The number of carbonyl (C=O) groups excluding carboxylic acids is 1. The zero-order chi connectivity index (χ0) is 18.8. The normalized spacial score (nSPS) is 12.0. The molecule has 0 saturated heterocycles. The molecular weight excluding hydrogens is 333 g/mol. The molecule has 134 valence electrons. The molecule has 0 bridgehead atoms. The van der Waals surface area contributed by atoms with Crippen LogP contribution in [-0.2, 0) is 10.9 Å². The van der Waals surface area contributed by atoms with Crippen molar-refractivity contribution < 1.29 is 22.7 Å². The maximum Gasteiger partial charge on any atom is 0.420 e. The van der Waals surface area contributed by atoms with Crippen molar-refractivity contribution in [1.82, 2.24) is 4.98 Å². The minimum atomic E-state index is -4.45. The minimum absolute atomic E-state index is 0.236. The number of amides is 1. The topological polar surface area (TPSA) is 42.4 Å². The first-order valence-electron chi connectivity index (χ1n) is 7.60. The molecule has 0 N–H and O–H groups in total. The molecule has 1 heterocycles. The summed E-state index contributed by atoms with van der Waals surface area (Å²) >= 11 is 0. The second-order valence-electron chi connectivity index (χ2n) is 6.55. The predicted octanol–water partition coefficient (Wildman–Crippen LogP) is 5.48. The molecule has 25 heavy (non-hydrogen) atoms. The summed E-state index contributed by atoms with van der Waals surface area (Å²) in [5.41, 5.74) is -0.464. The van der Waals surface area contributed by atoms with E-state index in [4.69, 9.17) is 4.74 Å². The second-order valence-corrected chi connectivity index (χ2v) is 6.55. The number of nitrogens with zero attached hydrogens (tertiary/aromatic N) is 2. The van der Waals surface area contributed by atoms with Gasteiger partial charge in [0, 0.05) is 6.20 Å². The van der Waals surface area contributed by atoms with E-state index in [0.29, 0.717) is 0 Å². The Morgan fingerprint density at radius 1 is 1.08 bits per heavy atom. The van der Waals surface area contributed by atoms with Crippen LogP contribution in [-0.4, -0.2) is 16.7 Å². The van der Waals surface area contributed by atoms with Crippen LogP contribution in [0.4, 0.5) is 29.5 Å². The molecule has 0 atom stereocenters. The Morgan fingerprint density at radius 3 is 2.16 bits per heavy atom. The van der Waals surface area contributed by atoms with Gasteiger partial charge in [-0.1, -0.05) is 0 Å². The van der Waals surface area contributed by atoms with Crippen LogP contribution in [0.1, 0.15) is 31.9 Å². The van der Waals surface area contributed by atoms with E-state index >= 15 is 0 Å². The number of halogens is 3. The molecule has 2 rings (SSSR count). The van der Waals surface area contributed by atoms with Crippen molar-refractivity contribution in [1.29, 1.82) is 0 Å². The van der Waals surface area contributed by atoms with Crippen molar-refractivity contribution in [2.24, 2.45) is 0 Å². The number of ether oxygens (including phenoxy) is 1. The second kappa shape index (κ2) is 6.74. The molecule has 0 unspecified atom stereocenters. The Labute approximate surface area is 144 Å². The van der Waals surface area contributed by atoms with Crippen molar-refractivity contribution in [2.45, 2.75) is 39.5 Å². The molecule has 7 heteroatoms. The first-order valence-corrected chi connectivity index (χ1v) is 7.60.